The fraction of sp³-hybridized carbons (Fsp3) is 0.517. The Morgan fingerprint density at radius 1 is 0.892 bits per heavy atom. The van der Waals surface area contributed by atoms with Crippen LogP contribution in [0.2, 0.25) is 5.02 Å². The summed E-state index contributed by atoms with van der Waals surface area (Å²) < 4.78 is 6.03. The van der Waals surface area contributed by atoms with Crippen molar-refractivity contribution in [3.8, 4) is 16.9 Å². The number of ether oxygens (including phenoxy) is 1. The Morgan fingerprint density at radius 3 is 2.35 bits per heavy atom. The maximum Gasteiger partial charge on any atom is 0.328 e. The van der Waals surface area contributed by atoms with Crippen molar-refractivity contribution in [3.63, 3.8) is 0 Å². The van der Waals surface area contributed by atoms with Gasteiger partial charge in [-0.15, -0.1) is 11.3 Å². The number of hydrogen-bond acceptors (Lipinski definition) is 11. The van der Waals surface area contributed by atoms with Gasteiger partial charge in [-0.25, -0.2) is 14.8 Å². The molecule has 2 aromatic heterocycles. The van der Waals surface area contributed by atoms with E-state index in [9.17, 15) is 19.2 Å². The number of aromatic nitrogens is 2. The van der Waals surface area contributed by atoms with Crippen molar-refractivity contribution in [3.05, 3.63) is 98.5 Å². The summed E-state index contributed by atoms with van der Waals surface area (Å²) in [7, 11) is 5.96. The first-order chi connectivity index (χ1) is 35.7. The van der Waals surface area contributed by atoms with Gasteiger partial charge in [-0.1, -0.05) is 35.9 Å². The largest absolute Gasteiger partial charge is 0.496 e. The van der Waals surface area contributed by atoms with Crippen LogP contribution in [0.1, 0.15) is 122 Å². The van der Waals surface area contributed by atoms with Gasteiger partial charge in [-0.3, -0.25) is 29.5 Å². The number of imide groups is 1. The molecule has 5 aromatic rings. The zero-order chi connectivity index (χ0) is 51.7. The SMILES string of the molecule is COc1cc2nc(C)nc(N[C@H](C)c3cc(-c4ccccc4CN(C)C)cs3)c2cc1C1CCC(C(=O)N2CCN(CC3CCC4(CC3)CCN(C(=O)c3ccc(Cl)c(N5CCC(=O)NC5=O)c3)CC4)CC2)CC1. The van der Waals surface area contributed by atoms with Crippen molar-refractivity contribution in [2.45, 2.75) is 103 Å². The van der Waals surface area contributed by atoms with E-state index < -0.39 is 6.03 Å². The number of piperidine rings is 1. The van der Waals surface area contributed by atoms with E-state index in [0.29, 0.717) is 33.9 Å². The molecule has 3 saturated heterocycles. The van der Waals surface area contributed by atoms with E-state index in [1.165, 1.54) is 57.7 Å². The maximum absolute atomic E-state index is 14.1. The summed E-state index contributed by atoms with van der Waals surface area (Å²) >= 11 is 8.24. The summed E-state index contributed by atoms with van der Waals surface area (Å²) in [5.74, 6) is 3.33. The molecule has 2 aliphatic carbocycles. The van der Waals surface area contributed by atoms with Gasteiger partial charge in [0.25, 0.3) is 5.91 Å². The number of nitrogens with one attached hydrogen (secondary N) is 2. The predicted octanol–water partition coefficient (Wildman–Crippen LogP) is 10.5. The Hall–Kier alpha value is -5.61. The third-order valence-corrected chi connectivity index (χ3v) is 18.3. The van der Waals surface area contributed by atoms with Crippen molar-refractivity contribution in [2.24, 2.45) is 17.3 Å². The van der Waals surface area contributed by atoms with E-state index in [4.69, 9.17) is 26.3 Å². The number of thiophene rings is 1. The van der Waals surface area contributed by atoms with Gasteiger partial charge in [-0.05, 0) is 167 Å². The molecule has 1 atom stereocenters. The first kappa shape index (κ1) is 51.9. The Kier molecular flexibility index (Phi) is 15.6. The minimum absolute atomic E-state index is 0.0335. The average molecular weight is 1040 g/mol. The quantitative estimate of drug-likeness (QED) is 0.117. The van der Waals surface area contributed by atoms with Crippen molar-refractivity contribution in [1.29, 1.82) is 0 Å². The molecular weight excluding hydrogens is 970 g/mol. The summed E-state index contributed by atoms with van der Waals surface area (Å²) in [6, 6.07) is 19.9. The number of likely N-dealkylation sites (tertiary alicyclic amines) is 1. The molecule has 16 heteroatoms. The number of aryl methyl sites for hydroxylation is 1. The molecule has 5 fully saturated rings. The Balaban J connectivity index is 0.685. The molecule has 3 aliphatic heterocycles. The second kappa shape index (κ2) is 22.3. The summed E-state index contributed by atoms with van der Waals surface area (Å²) in [5, 5.41) is 9.72. The average Bonchev–Trinajstić information content (AvgIpc) is 3.90. The molecule has 0 unspecified atom stereocenters. The normalized spacial score (nSPS) is 21.3. The molecule has 5 aliphatic rings. The number of hydrogen-bond donors (Lipinski definition) is 2. The van der Waals surface area contributed by atoms with Gasteiger partial charge in [-0.2, -0.15) is 0 Å². The van der Waals surface area contributed by atoms with Crippen LogP contribution in [-0.4, -0.2) is 127 Å². The number of fused-ring (bicyclic) bond motifs is 1. The fourth-order valence-corrected chi connectivity index (χ4v) is 13.7. The molecule has 10 rings (SSSR count). The molecule has 5 amide bonds. The molecule has 5 heterocycles. The fourth-order valence-electron chi connectivity index (χ4n) is 12.6. The molecule has 2 N–H and O–H groups in total. The number of rotatable bonds is 13. The smallest absolute Gasteiger partial charge is 0.328 e. The number of benzene rings is 3. The van der Waals surface area contributed by atoms with Gasteiger partial charge in [0.2, 0.25) is 11.8 Å². The number of carbonyl (C=O) groups excluding carboxylic acids is 4. The summed E-state index contributed by atoms with van der Waals surface area (Å²) in [6.07, 6.45) is 10.6. The molecule has 2 saturated carbocycles. The number of amides is 5. The van der Waals surface area contributed by atoms with E-state index >= 15 is 0 Å². The van der Waals surface area contributed by atoms with E-state index in [0.717, 1.165) is 113 Å². The Bertz CT molecular complexity index is 2870. The van der Waals surface area contributed by atoms with Crippen molar-refractivity contribution in [2.75, 3.05) is 83.8 Å². The van der Waals surface area contributed by atoms with Crippen molar-refractivity contribution < 1.29 is 23.9 Å². The highest BCUT2D eigenvalue weighted by Gasteiger charge is 2.40. The first-order valence-electron chi connectivity index (χ1n) is 26.9. The molecular formula is C58H72ClN9O5S. The monoisotopic (exact) mass is 1040 g/mol. The van der Waals surface area contributed by atoms with Crippen LogP contribution >= 0.6 is 22.9 Å². The van der Waals surface area contributed by atoms with E-state index in [2.05, 4.69) is 94.2 Å². The van der Waals surface area contributed by atoms with Crippen LogP contribution in [-0.2, 0) is 16.1 Å². The molecule has 1 spiro atoms. The zero-order valence-corrected chi connectivity index (χ0v) is 45.3. The number of piperazine rings is 1. The van der Waals surface area contributed by atoms with Crippen LogP contribution in [0.4, 0.5) is 16.3 Å². The van der Waals surface area contributed by atoms with E-state index in [1.807, 2.05) is 11.8 Å². The maximum atomic E-state index is 14.1. The Morgan fingerprint density at radius 2 is 1.64 bits per heavy atom. The van der Waals surface area contributed by atoms with Gasteiger partial charge in [0.1, 0.15) is 17.4 Å². The van der Waals surface area contributed by atoms with Crippen molar-refractivity contribution >= 4 is 69.1 Å². The van der Waals surface area contributed by atoms with Crippen LogP contribution in [0.3, 0.4) is 0 Å². The topological polar surface area (TPSA) is 144 Å². The van der Waals surface area contributed by atoms with Crippen LogP contribution in [0.25, 0.3) is 22.0 Å². The minimum Gasteiger partial charge on any atom is -0.496 e. The lowest BCUT2D eigenvalue weighted by Crippen LogP contribution is -2.52. The van der Waals surface area contributed by atoms with E-state index in [1.54, 1.807) is 36.6 Å². The van der Waals surface area contributed by atoms with Gasteiger partial charge >= 0.3 is 6.03 Å². The lowest BCUT2D eigenvalue weighted by atomic mass is 9.65. The molecule has 392 valence electrons. The number of urea groups is 1. The third-order valence-electron chi connectivity index (χ3n) is 16.9. The summed E-state index contributed by atoms with van der Waals surface area (Å²) in [6.45, 7) is 11.2. The second-order valence-electron chi connectivity index (χ2n) is 22.1. The number of anilines is 2. The lowest BCUT2D eigenvalue weighted by Gasteiger charge is -2.47. The number of carbonyl (C=O) groups is 4. The zero-order valence-electron chi connectivity index (χ0n) is 43.8. The lowest BCUT2D eigenvalue weighted by molar-refractivity contribution is -0.138. The number of nitrogens with zero attached hydrogens (tertiary/aromatic N) is 7. The van der Waals surface area contributed by atoms with Gasteiger partial charge in [0, 0.05) is 93.1 Å². The number of methoxy groups -OCH3 is 1. The molecule has 0 bridgehead atoms. The van der Waals surface area contributed by atoms with Crippen LogP contribution in [0.5, 0.6) is 5.75 Å². The predicted molar refractivity (Wildman–Crippen MR) is 294 cm³/mol. The van der Waals surface area contributed by atoms with Crippen LogP contribution in [0, 0.1) is 24.2 Å². The third kappa shape index (κ3) is 11.3. The molecule has 3 aromatic carbocycles. The summed E-state index contributed by atoms with van der Waals surface area (Å²) in [5.41, 5.74) is 7.08. The Labute approximate surface area is 445 Å². The standard InChI is InChI=1S/C58H72ClN9O5S/c1-37(52-31-44(36-74-52)45-9-7-6-8-43(45)35-64(3)4)60-54-47-32-46(51(73-5)33-49(47)61-38(2)62-54)40-10-12-41(13-11-40)55(70)67-28-26-65(27-29-67)34-39-16-19-58(20-17-39)21-24-66(25-22-58)56(71)42-14-15-48(59)50(30-42)68-23-18-53(69)63-57(68)72/h6-9,14-15,30-33,36-37,39-41H,10-13,16-29,34-35H2,1-5H3,(H,60,61,62)(H,63,69,72)/t37-,40?,41?/m1/s1. The highest BCUT2D eigenvalue weighted by Crippen LogP contribution is 2.47. The van der Waals surface area contributed by atoms with Crippen LogP contribution in [0.15, 0.2) is 66.0 Å². The summed E-state index contributed by atoms with van der Waals surface area (Å²) in [4.78, 5) is 73.3. The van der Waals surface area contributed by atoms with Gasteiger partial charge < -0.3 is 24.8 Å². The number of halogens is 1. The van der Waals surface area contributed by atoms with E-state index in [-0.39, 0.29) is 48.1 Å². The first-order valence-corrected chi connectivity index (χ1v) is 28.1. The van der Waals surface area contributed by atoms with Crippen molar-refractivity contribution in [1.82, 2.24) is 34.9 Å². The van der Waals surface area contributed by atoms with Crippen LogP contribution < -0.4 is 20.3 Å². The molecule has 14 nitrogen and oxygen atoms in total. The van der Waals surface area contributed by atoms with Gasteiger partial charge in [0.15, 0.2) is 0 Å². The van der Waals surface area contributed by atoms with Gasteiger partial charge in [0.05, 0.1) is 29.4 Å². The second-order valence-corrected chi connectivity index (χ2v) is 23.4. The highest BCUT2D eigenvalue weighted by atomic mass is 35.5. The highest BCUT2D eigenvalue weighted by molar-refractivity contribution is 7.10. The molecule has 74 heavy (non-hydrogen) atoms. The molecule has 0 radical (unpaired) electrons. The minimum atomic E-state index is -0.520.